The zero-order valence-corrected chi connectivity index (χ0v) is 18.0. The number of halogens is 1. The molecule has 2 fully saturated rings. The van der Waals surface area contributed by atoms with E-state index in [9.17, 15) is 0 Å². The molecule has 0 aromatic heterocycles. The summed E-state index contributed by atoms with van der Waals surface area (Å²) < 4.78 is 5.27. The quantitative estimate of drug-likeness (QED) is 0.266. The first-order chi connectivity index (χ1) is 11.3. The summed E-state index contributed by atoms with van der Waals surface area (Å²) in [5, 5.41) is 3.53. The molecule has 5 nitrogen and oxygen atoms in total. The van der Waals surface area contributed by atoms with E-state index in [2.05, 4.69) is 20.1 Å². The molecule has 0 aromatic carbocycles. The number of hydrogen-bond acceptors (Lipinski definition) is 3. The second kappa shape index (κ2) is 13.2. The van der Waals surface area contributed by atoms with E-state index in [1.54, 1.807) is 7.11 Å². The lowest BCUT2D eigenvalue weighted by molar-refractivity contribution is 0.157. The summed E-state index contributed by atoms with van der Waals surface area (Å²) in [6.07, 6.45) is 9.33. The lowest BCUT2D eigenvalue weighted by Gasteiger charge is -2.26. The minimum absolute atomic E-state index is 0. The number of hydrogen-bond donors (Lipinski definition) is 1. The van der Waals surface area contributed by atoms with Crippen LogP contribution in [0.4, 0.5) is 0 Å². The van der Waals surface area contributed by atoms with Crippen molar-refractivity contribution < 1.29 is 4.74 Å². The van der Waals surface area contributed by atoms with Gasteiger partial charge in [0.25, 0.3) is 0 Å². The van der Waals surface area contributed by atoms with Crippen LogP contribution in [-0.2, 0) is 4.74 Å². The molecule has 6 heteroatoms. The minimum atomic E-state index is 0. The highest BCUT2D eigenvalue weighted by molar-refractivity contribution is 14.0. The fraction of sp³-hybridized carbons (Fsp3) is 0.944. The van der Waals surface area contributed by atoms with Gasteiger partial charge in [-0.15, -0.1) is 24.0 Å². The summed E-state index contributed by atoms with van der Waals surface area (Å²) in [6.45, 7) is 8.01. The van der Waals surface area contributed by atoms with E-state index in [1.165, 1.54) is 64.6 Å². The number of nitrogens with one attached hydrogen (secondary N) is 1. The maximum Gasteiger partial charge on any atom is 0.193 e. The molecule has 0 spiro atoms. The number of unbranched alkanes of at least 4 members (excludes halogenated alkanes) is 2. The van der Waals surface area contributed by atoms with Gasteiger partial charge in [-0.25, -0.2) is 0 Å². The molecule has 24 heavy (non-hydrogen) atoms. The Kier molecular flexibility index (Phi) is 12.0. The Balaban J connectivity index is 0.00000288. The predicted octanol–water partition coefficient (Wildman–Crippen LogP) is 2.80. The fourth-order valence-electron chi connectivity index (χ4n) is 3.75. The Morgan fingerprint density at radius 3 is 2.62 bits per heavy atom. The van der Waals surface area contributed by atoms with Gasteiger partial charge in [-0.05, 0) is 51.7 Å². The highest BCUT2D eigenvalue weighted by atomic mass is 127. The molecule has 2 heterocycles. The summed E-state index contributed by atoms with van der Waals surface area (Å²) in [7, 11) is 3.68. The first-order valence-electron chi connectivity index (χ1n) is 9.50. The number of likely N-dealkylation sites (tertiary alicyclic amines) is 2. The number of ether oxygens (including phenoxy) is 1. The number of nitrogens with zero attached hydrogens (tertiary/aromatic N) is 3. The predicted molar refractivity (Wildman–Crippen MR) is 112 cm³/mol. The van der Waals surface area contributed by atoms with Gasteiger partial charge in [-0.2, -0.15) is 0 Å². The summed E-state index contributed by atoms with van der Waals surface area (Å²) >= 11 is 0. The third-order valence-electron chi connectivity index (χ3n) is 5.08. The highest BCUT2D eigenvalue weighted by Crippen LogP contribution is 2.16. The Hall–Kier alpha value is -0.0800. The van der Waals surface area contributed by atoms with Crippen LogP contribution in [0, 0.1) is 5.92 Å². The smallest absolute Gasteiger partial charge is 0.193 e. The molecule has 2 aliphatic rings. The molecule has 1 N–H and O–H groups in total. The Bertz CT molecular complexity index is 348. The molecule has 2 saturated heterocycles. The SMILES string of the molecule is CN=C(NCCCCCN1CCCCC1)N1CCC(COC)C1.I. The first kappa shape index (κ1) is 22.0. The van der Waals surface area contributed by atoms with Crippen LogP contribution >= 0.6 is 24.0 Å². The van der Waals surface area contributed by atoms with E-state index in [0.29, 0.717) is 5.92 Å². The average Bonchev–Trinajstić information content (AvgIpc) is 3.04. The van der Waals surface area contributed by atoms with Crippen molar-refractivity contribution in [1.29, 1.82) is 0 Å². The molecular formula is C18H37IN4O. The Labute approximate surface area is 165 Å². The van der Waals surface area contributed by atoms with E-state index in [1.807, 2.05) is 7.05 Å². The third-order valence-corrected chi connectivity index (χ3v) is 5.08. The van der Waals surface area contributed by atoms with Crippen molar-refractivity contribution in [3.8, 4) is 0 Å². The lowest BCUT2D eigenvalue weighted by atomic mass is 10.1. The van der Waals surface area contributed by atoms with Gasteiger partial charge in [0.15, 0.2) is 5.96 Å². The van der Waals surface area contributed by atoms with Crippen LogP contribution in [0.25, 0.3) is 0 Å². The van der Waals surface area contributed by atoms with E-state index in [-0.39, 0.29) is 24.0 Å². The van der Waals surface area contributed by atoms with Crippen molar-refractivity contribution in [3.05, 3.63) is 0 Å². The summed E-state index contributed by atoms with van der Waals surface area (Å²) in [6, 6.07) is 0. The summed E-state index contributed by atoms with van der Waals surface area (Å²) in [5.41, 5.74) is 0. The molecule has 2 rings (SSSR count). The molecule has 142 valence electrons. The zero-order chi connectivity index (χ0) is 16.3. The normalized spacial score (nSPS) is 22.5. The topological polar surface area (TPSA) is 40.1 Å². The van der Waals surface area contributed by atoms with E-state index < -0.39 is 0 Å². The molecule has 0 amide bonds. The minimum Gasteiger partial charge on any atom is -0.384 e. The molecular weight excluding hydrogens is 415 g/mol. The summed E-state index contributed by atoms with van der Waals surface area (Å²) in [5.74, 6) is 1.72. The van der Waals surface area contributed by atoms with Crippen molar-refractivity contribution in [2.24, 2.45) is 10.9 Å². The van der Waals surface area contributed by atoms with Crippen LogP contribution < -0.4 is 5.32 Å². The van der Waals surface area contributed by atoms with E-state index >= 15 is 0 Å². The molecule has 0 bridgehead atoms. The van der Waals surface area contributed by atoms with Crippen LogP contribution in [0.1, 0.15) is 44.9 Å². The van der Waals surface area contributed by atoms with Gasteiger partial charge in [0, 0.05) is 39.7 Å². The van der Waals surface area contributed by atoms with Crippen molar-refractivity contribution in [1.82, 2.24) is 15.1 Å². The van der Waals surface area contributed by atoms with Crippen molar-refractivity contribution in [2.45, 2.75) is 44.9 Å². The largest absolute Gasteiger partial charge is 0.384 e. The van der Waals surface area contributed by atoms with Crippen molar-refractivity contribution in [2.75, 3.05) is 60.0 Å². The van der Waals surface area contributed by atoms with E-state index in [4.69, 9.17) is 4.74 Å². The lowest BCUT2D eigenvalue weighted by Crippen LogP contribution is -2.40. The van der Waals surface area contributed by atoms with Crippen LogP contribution in [0.3, 0.4) is 0 Å². The third kappa shape index (κ3) is 7.87. The molecule has 0 saturated carbocycles. The van der Waals surface area contributed by atoms with Crippen molar-refractivity contribution >= 4 is 29.9 Å². The van der Waals surface area contributed by atoms with Crippen LogP contribution in [0.5, 0.6) is 0 Å². The average molecular weight is 452 g/mol. The van der Waals surface area contributed by atoms with Gasteiger partial charge >= 0.3 is 0 Å². The van der Waals surface area contributed by atoms with Gasteiger partial charge in [-0.1, -0.05) is 12.8 Å². The van der Waals surface area contributed by atoms with Crippen LogP contribution in [-0.4, -0.2) is 75.8 Å². The number of guanidine groups is 1. The van der Waals surface area contributed by atoms with Gasteiger partial charge in [0.05, 0.1) is 6.61 Å². The maximum absolute atomic E-state index is 5.27. The summed E-state index contributed by atoms with van der Waals surface area (Å²) in [4.78, 5) is 9.45. The Morgan fingerprint density at radius 2 is 1.92 bits per heavy atom. The molecule has 0 aliphatic carbocycles. The molecule has 2 aliphatic heterocycles. The molecule has 1 atom stereocenters. The van der Waals surface area contributed by atoms with Gasteiger partial charge in [0.1, 0.15) is 0 Å². The molecule has 0 radical (unpaired) electrons. The first-order valence-corrected chi connectivity index (χ1v) is 9.50. The second-order valence-electron chi connectivity index (χ2n) is 6.99. The van der Waals surface area contributed by atoms with Gasteiger partial charge in [-0.3, -0.25) is 4.99 Å². The maximum atomic E-state index is 5.27. The molecule has 0 aromatic rings. The highest BCUT2D eigenvalue weighted by Gasteiger charge is 2.24. The number of piperidine rings is 1. The van der Waals surface area contributed by atoms with Crippen LogP contribution in [0.2, 0.25) is 0 Å². The van der Waals surface area contributed by atoms with Gasteiger partial charge in [0.2, 0.25) is 0 Å². The van der Waals surface area contributed by atoms with E-state index in [0.717, 1.165) is 32.2 Å². The fourth-order valence-corrected chi connectivity index (χ4v) is 3.75. The number of aliphatic imine (C=N–C) groups is 1. The number of rotatable bonds is 8. The second-order valence-corrected chi connectivity index (χ2v) is 6.99. The van der Waals surface area contributed by atoms with Crippen LogP contribution in [0.15, 0.2) is 4.99 Å². The monoisotopic (exact) mass is 452 g/mol. The standard InChI is InChI=1S/C18H36N4O.HI/c1-19-18(22-14-9-17(15-22)16-23-2)20-10-5-3-6-11-21-12-7-4-8-13-21;/h17H,3-16H2,1-2H3,(H,19,20);1H. The van der Waals surface area contributed by atoms with Crippen molar-refractivity contribution in [3.63, 3.8) is 0 Å². The molecule has 1 unspecified atom stereocenters. The Morgan fingerprint density at radius 1 is 1.12 bits per heavy atom. The van der Waals surface area contributed by atoms with Gasteiger partial charge < -0.3 is 19.9 Å². The number of methoxy groups -OCH3 is 1. The zero-order valence-electron chi connectivity index (χ0n) is 15.6.